The van der Waals surface area contributed by atoms with Crippen molar-refractivity contribution in [3.8, 4) is 0 Å². The maximum absolute atomic E-state index is 11.6. The molecule has 0 amide bonds. The van der Waals surface area contributed by atoms with Crippen LogP contribution in [0.3, 0.4) is 0 Å². The van der Waals surface area contributed by atoms with E-state index in [4.69, 9.17) is 28.1 Å². The van der Waals surface area contributed by atoms with Gasteiger partial charge in [0.15, 0.2) is 17.8 Å². The van der Waals surface area contributed by atoms with E-state index in [1.807, 2.05) is 19.9 Å². The predicted octanol–water partition coefficient (Wildman–Crippen LogP) is 1.03. The molecule has 0 spiro atoms. The Morgan fingerprint density at radius 2 is 2.04 bits per heavy atom. The average Bonchev–Trinajstić information content (AvgIpc) is 3.01. The minimum atomic E-state index is -0.839. The molecule has 0 N–H and O–H groups in total. The van der Waals surface area contributed by atoms with Gasteiger partial charge in [0.05, 0.1) is 5.60 Å². The number of fused-ring (bicyclic) bond motifs is 1. The SMILES string of the molecule is COC(C1COC(=O)O1)C(C)(C)OC(C)OC1=c2oc(=O)ccc2=CCC1. The lowest BCUT2D eigenvalue weighted by molar-refractivity contribution is -0.217. The van der Waals surface area contributed by atoms with Crippen molar-refractivity contribution in [3.05, 3.63) is 33.2 Å². The third kappa shape index (κ3) is 4.33. The molecular formula is C19H24O8. The van der Waals surface area contributed by atoms with Crippen LogP contribution in [-0.4, -0.2) is 44.0 Å². The van der Waals surface area contributed by atoms with E-state index in [1.165, 1.54) is 13.2 Å². The Labute approximate surface area is 156 Å². The quantitative estimate of drug-likeness (QED) is 0.512. The first-order valence-electron chi connectivity index (χ1n) is 8.84. The van der Waals surface area contributed by atoms with Crippen LogP contribution in [0.25, 0.3) is 11.8 Å². The molecule has 1 aromatic heterocycles. The lowest BCUT2D eigenvalue weighted by atomic mass is 9.96. The Morgan fingerprint density at radius 1 is 1.26 bits per heavy atom. The predicted molar refractivity (Wildman–Crippen MR) is 94.1 cm³/mol. The molecule has 0 bridgehead atoms. The number of carbonyl (C=O) groups is 1. The molecule has 0 radical (unpaired) electrons. The van der Waals surface area contributed by atoms with Crippen molar-refractivity contribution in [1.82, 2.24) is 0 Å². The normalized spacial score (nSPS) is 21.6. The number of hydrogen-bond donors (Lipinski definition) is 0. The van der Waals surface area contributed by atoms with Crippen molar-refractivity contribution in [3.63, 3.8) is 0 Å². The first-order valence-corrected chi connectivity index (χ1v) is 8.84. The van der Waals surface area contributed by atoms with Gasteiger partial charge in [-0.1, -0.05) is 6.08 Å². The molecule has 27 heavy (non-hydrogen) atoms. The third-order valence-corrected chi connectivity index (χ3v) is 4.52. The van der Waals surface area contributed by atoms with Crippen LogP contribution in [0.2, 0.25) is 0 Å². The van der Waals surface area contributed by atoms with Crippen LogP contribution in [0.5, 0.6) is 0 Å². The molecule has 3 unspecified atom stereocenters. The van der Waals surface area contributed by atoms with E-state index < -0.39 is 35.9 Å². The van der Waals surface area contributed by atoms with E-state index >= 15 is 0 Å². The molecule has 1 aliphatic heterocycles. The first-order chi connectivity index (χ1) is 12.8. The van der Waals surface area contributed by atoms with Crippen LogP contribution >= 0.6 is 0 Å². The lowest BCUT2D eigenvalue weighted by Crippen LogP contribution is -2.50. The summed E-state index contributed by atoms with van der Waals surface area (Å²) >= 11 is 0. The molecule has 2 heterocycles. The second kappa shape index (κ2) is 7.74. The van der Waals surface area contributed by atoms with Crippen molar-refractivity contribution >= 4 is 18.0 Å². The average molecular weight is 380 g/mol. The molecule has 148 valence electrons. The van der Waals surface area contributed by atoms with E-state index in [0.717, 1.165) is 11.6 Å². The van der Waals surface area contributed by atoms with Gasteiger partial charge in [0.25, 0.3) is 0 Å². The monoisotopic (exact) mass is 380 g/mol. The van der Waals surface area contributed by atoms with Gasteiger partial charge >= 0.3 is 11.8 Å². The molecule has 3 rings (SSSR count). The summed E-state index contributed by atoms with van der Waals surface area (Å²) in [4.78, 5) is 22.8. The summed E-state index contributed by atoms with van der Waals surface area (Å²) in [5, 5.41) is 0.826. The summed E-state index contributed by atoms with van der Waals surface area (Å²) in [6.45, 7) is 5.49. The zero-order valence-electron chi connectivity index (χ0n) is 15.9. The summed E-state index contributed by atoms with van der Waals surface area (Å²) in [5.74, 6) is 0.568. The zero-order valence-corrected chi connectivity index (χ0v) is 15.9. The van der Waals surface area contributed by atoms with Crippen molar-refractivity contribution in [2.75, 3.05) is 13.7 Å². The maximum Gasteiger partial charge on any atom is 0.508 e. The number of rotatable bonds is 7. The fraction of sp³-hybridized carbons (Fsp3) is 0.579. The summed E-state index contributed by atoms with van der Waals surface area (Å²) in [6.07, 6.45) is 0.892. The highest BCUT2D eigenvalue weighted by Gasteiger charge is 2.44. The Morgan fingerprint density at radius 3 is 2.70 bits per heavy atom. The highest BCUT2D eigenvalue weighted by atomic mass is 16.8. The van der Waals surface area contributed by atoms with Gasteiger partial charge in [-0.2, -0.15) is 0 Å². The van der Waals surface area contributed by atoms with E-state index in [2.05, 4.69) is 0 Å². The van der Waals surface area contributed by atoms with E-state index in [1.54, 1.807) is 13.0 Å². The van der Waals surface area contributed by atoms with Gasteiger partial charge in [-0.05, 0) is 33.3 Å². The smallest absolute Gasteiger partial charge is 0.466 e. The standard InChI is InChI=1S/C19H24O8/c1-11(24-13-7-5-6-12-8-9-15(20)26-16(12)13)27-19(2,3)17(22-4)14-10-23-18(21)25-14/h6,8-9,11,14,17H,5,7,10H2,1-4H3. The third-order valence-electron chi connectivity index (χ3n) is 4.52. The maximum atomic E-state index is 11.6. The second-order valence-electron chi connectivity index (χ2n) is 6.99. The van der Waals surface area contributed by atoms with Crippen LogP contribution in [-0.2, 0) is 23.7 Å². The molecule has 1 aromatic rings. The molecule has 1 fully saturated rings. The number of hydrogen-bond acceptors (Lipinski definition) is 8. The number of methoxy groups -OCH3 is 1. The molecule has 2 aliphatic rings. The number of cyclic esters (lactones) is 2. The van der Waals surface area contributed by atoms with Gasteiger partial charge in [0, 0.05) is 24.8 Å². The van der Waals surface area contributed by atoms with Gasteiger partial charge in [-0.15, -0.1) is 0 Å². The lowest BCUT2D eigenvalue weighted by Gasteiger charge is -2.37. The topological polar surface area (TPSA) is 93.4 Å². The van der Waals surface area contributed by atoms with Gasteiger partial charge in [-0.3, -0.25) is 0 Å². The van der Waals surface area contributed by atoms with Crippen LogP contribution in [0, 0.1) is 0 Å². The highest BCUT2D eigenvalue weighted by Crippen LogP contribution is 2.28. The molecule has 1 aliphatic carbocycles. The summed E-state index contributed by atoms with van der Waals surface area (Å²) in [7, 11) is 1.52. The largest absolute Gasteiger partial charge is 0.508 e. The van der Waals surface area contributed by atoms with E-state index in [9.17, 15) is 9.59 Å². The fourth-order valence-electron chi connectivity index (χ4n) is 3.48. The first kappa shape index (κ1) is 19.4. The fourth-order valence-corrected chi connectivity index (χ4v) is 3.48. The van der Waals surface area contributed by atoms with Crippen LogP contribution < -0.4 is 16.3 Å². The van der Waals surface area contributed by atoms with Crippen molar-refractivity contribution in [2.45, 2.75) is 57.7 Å². The van der Waals surface area contributed by atoms with Crippen molar-refractivity contribution < 1.29 is 32.9 Å². The molecule has 0 aromatic carbocycles. The Bertz CT molecular complexity index is 868. The van der Waals surface area contributed by atoms with Crippen LogP contribution in [0.15, 0.2) is 21.3 Å². The Balaban J connectivity index is 1.75. The van der Waals surface area contributed by atoms with E-state index in [-0.39, 0.29) is 6.61 Å². The Kier molecular flexibility index (Phi) is 5.57. The minimum Gasteiger partial charge on any atom is -0.466 e. The second-order valence-corrected chi connectivity index (χ2v) is 6.99. The molecule has 3 atom stereocenters. The molecular weight excluding hydrogens is 356 g/mol. The van der Waals surface area contributed by atoms with Crippen LogP contribution in [0.4, 0.5) is 4.79 Å². The Hall–Kier alpha value is -2.32. The van der Waals surface area contributed by atoms with Gasteiger partial charge in [-0.25, -0.2) is 9.59 Å². The molecule has 1 saturated heterocycles. The number of carbonyl (C=O) groups excluding carboxylic acids is 1. The summed E-state index contributed by atoms with van der Waals surface area (Å²) < 4.78 is 32.7. The van der Waals surface area contributed by atoms with Gasteiger partial charge in [0.2, 0.25) is 0 Å². The molecule has 8 nitrogen and oxygen atoms in total. The highest BCUT2D eigenvalue weighted by molar-refractivity contribution is 5.62. The summed E-state index contributed by atoms with van der Waals surface area (Å²) in [5.41, 5.74) is -0.834. The number of ether oxygens (including phenoxy) is 5. The van der Waals surface area contributed by atoms with Gasteiger partial charge in [0.1, 0.15) is 18.5 Å². The molecule has 8 heteroatoms. The molecule has 0 saturated carbocycles. The summed E-state index contributed by atoms with van der Waals surface area (Å²) in [6, 6.07) is 3.10. The van der Waals surface area contributed by atoms with E-state index in [0.29, 0.717) is 17.6 Å². The van der Waals surface area contributed by atoms with Crippen molar-refractivity contribution in [1.29, 1.82) is 0 Å². The van der Waals surface area contributed by atoms with Crippen LogP contribution in [0.1, 0.15) is 33.6 Å². The zero-order chi connectivity index (χ0) is 19.6. The van der Waals surface area contributed by atoms with Crippen molar-refractivity contribution in [2.24, 2.45) is 0 Å². The minimum absolute atomic E-state index is 0.102. The van der Waals surface area contributed by atoms with Gasteiger partial charge < -0.3 is 28.1 Å².